The quantitative estimate of drug-likeness (QED) is 0.822. The van der Waals surface area contributed by atoms with Crippen molar-refractivity contribution in [3.05, 3.63) is 57.6 Å². The van der Waals surface area contributed by atoms with Crippen LogP contribution >= 0.6 is 35.0 Å². The van der Waals surface area contributed by atoms with Crippen molar-refractivity contribution in [2.45, 2.75) is 23.9 Å². The predicted molar refractivity (Wildman–Crippen MR) is 89.5 cm³/mol. The van der Waals surface area contributed by atoms with Crippen molar-refractivity contribution >= 4 is 35.0 Å². The van der Waals surface area contributed by atoms with Crippen LogP contribution in [0.15, 0.2) is 41.3 Å². The highest BCUT2D eigenvalue weighted by atomic mass is 35.5. The van der Waals surface area contributed by atoms with Crippen molar-refractivity contribution in [2.24, 2.45) is 0 Å². The van der Waals surface area contributed by atoms with Crippen LogP contribution in [0.3, 0.4) is 0 Å². The van der Waals surface area contributed by atoms with Crippen LogP contribution in [0.2, 0.25) is 10.0 Å². The summed E-state index contributed by atoms with van der Waals surface area (Å²) in [5, 5.41) is 14.8. The van der Waals surface area contributed by atoms with Gasteiger partial charge in [0.2, 0.25) is 0 Å². The Labute approximate surface area is 138 Å². The minimum atomic E-state index is 0.248. The van der Waals surface area contributed by atoms with Crippen molar-refractivity contribution in [3.8, 4) is 5.75 Å². The fraction of sp³-hybridized carbons (Fsp3) is 0.250. The van der Waals surface area contributed by atoms with Crippen LogP contribution in [-0.4, -0.2) is 10.9 Å². The van der Waals surface area contributed by atoms with Gasteiger partial charge in [0.1, 0.15) is 5.75 Å². The lowest BCUT2D eigenvalue weighted by molar-refractivity contribution is 0.453. The SMILES string of the molecule is Oc1ccc(Cl)cc1CNC1CCSc2ccc(Cl)cc21. The lowest BCUT2D eigenvalue weighted by Gasteiger charge is -2.26. The molecule has 0 amide bonds. The summed E-state index contributed by atoms with van der Waals surface area (Å²) in [7, 11) is 0. The number of nitrogens with one attached hydrogen (secondary N) is 1. The third-order valence-corrected chi connectivity index (χ3v) is 5.18. The average molecular weight is 340 g/mol. The number of aromatic hydroxyl groups is 1. The number of benzene rings is 2. The van der Waals surface area contributed by atoms with Gasteiger partial charge in [-0.2, -0.15) is 0 Å². The van der Waals surface area contributed by atoms with Gasteiger partial charge in [-0.05, 0) is 54.1 Å². The number of thioether (sulfide) groups is 1. The normalized spacial score (nSPS) is 17.5. The Hall–Kier alpha value is -0.870. The number of phenolic OH excluding ortho intramolecular Hbond substituents is 1. The number of fused-ring (bicyclic) bond motifs is 1. The van der Waals surface area contributed by atoms with Gasteiger partial charge in [0, 0.05) is 33.1 Å². The van der Waals surface area contributed by atoms with E-state index in [-0.39, 0.29) is 11.8 Å². The molecule has 0 aliphatic carbocycles. The molecule has 0 aromatic heterocycles. The molecule has 1 unspecified atom stereocenters. The van der Waals surface area contributed by atoms with E-state index in [1.54, 1.807) is 18.2 Å². The molecule has 110 valence electrons. The van der Waals surface area contributed by atoms with Crippen LogP contribution in [0.4, 0.5) is 0 Å². The van der Waals surface area contributed by atoms with E-state index in [2.05, 4.69) is 11.4 Å². The van der Waals surface area contributed by atoms with Crippen LogP contribution < -0.4 is 5.32 Å². The van der Waals surface area contributed by atoms with Gasteiger partial charge in [-0.25, -0.2) is 0 Å². The predicted octanol–water partition coefficient (Wildman–Crippen LogP) is 5.03. The summed E-state index contributed by atoms with van der Waals surface area (Å²) in [4.78, 5) is 1.28. The first kappa shape index (κ1) is 15.0. The lowest BCUT2D eigenvalue weighted by atomic mass is 10.0. The van der Waals surface area contributed by atoms with E-state index in [9.17, 15) is 5.11 Å². The average Bonchev–Trinajstić information content (AvgIpc) is 2.48. The highest BCUT2D eigenvalue weighted by molar-refractivity contribution is 7.99. The van der Waals surface area contributed by atoms with Crippen molar-refractivity contribution in [2.75, 3.05) is 5.75 Å². The first-order chi connectivity index (χ1) is 10.1. The fourth-order valence-electron chi connectivity index (χ4n) is 2.51. The van der Waals surface area contributed by atoms with E-state index in [0.717, 1.165) is 22.8 Å². The number of rotatable bonds is 3. The topological polar surface area (TPSA) is 32.3 Å². The third kappa shape index (κ3) is 3.49. The Bertz CT molecular complexity index is 663. The molecule has 2 N–H and O–H groups in total. The molecule has 0 bridgehead atoms. The maximum absolute atomic E-state index is 9.88. The van der Waals surface area contributed by atoms with E-state index in [4.69, 9.17) is 23.2 Å². The zero-order valence-electron chi connectivity index (χ0n) is 11.3. The van der Waals surface area contributed by atoms with Crippen LogP contribution in [0.5, 0.6) is 5.75 Å². The second kappa shape index (κ2) is 6.49. The minimum Gasteiger partial charge on any atom is -0.508 e. The second-order valence-corrected chi connectivity index (χ2v) is 7.04. The molecule has 0 saturated heterocycles. The molecular formula is C16H15Cl2NOS. The van der Waals surface area contributed by atoms with Gasteiger partial charge < -0.3 is 10.4 Å². The molecule has 0 saturated carbocycles. The monoisotopic (exact) mass is 339 g/mol. The van der Waals surface area contributed by atoms with E-state index in [0.29, 0.717) is 11.6 Å². The van der Waals surface area contributed by atoms with Gasteiger partial charge in [-0.3, -0.25) is 0 Å². The molecule has 2 nitrogen and oxygen atoms in total. The van der Waals surface area contributed by atoms with Gasteiger partial charge in [-0.1, -0.05) is 23.2 Å². The summed E-state index contributed by atoms with van der Waals surface area (Å²) in [5.74, 6) is 1.34. The molecule has 21 heavy (non-hydrogen) atoms. The van der Waals surface area contributed by atoms with Crippen LogP contribution in [0, 0.1) is 0 Å². The van der Waals surface area contributed by atoms with Crippen molar-refractivity contribution in [1.29, 1.82) is 0 Å². The zero-order valence-corrected chi connectivity index (χ0v) is 13.6. The van der Waals surface area contributed by atoms with E-state index < -0.39 is 0 Å². The smallest absolute Gasteiger partial charge is 0.120 e. The van der Waals surface area contributed by atoms with Gasteiger partial charge >= 0.3 is 0 Å². The van der Waals surface area contributed by atoms with Gasteiger partial charge in [-0.15, -0.1) is 11.8 Å². The summed E-state index contributed by atoms with van der Waals surface area (Å²) in [6.07, 6.45) is 1.04. The highest BCUT2D eigenvalue weighted by Gasteiger charge is 2.20. The number of hydrogen-bond acceptors (Lipinski definition) is 3. The van der Waals surface area contributed by atoms with Crippen molar-refractivity contribution in [1.82, 2.24) is 5.32 Å². The molecule has 1 heterocycles. The summed E-state index contributed by atoms with van der Waals surface area (Å²) in [6.45, 7) is 0.577. The maximum atomic E-state index is 9.88. The standard InChI is InChI=1S/C16H15Cl2NOS/c17-11-1-3-15(20)10(7-11)9-19-14-5-6-21-16-4-2-12(18)8-13(14)16/h1-4,7-8,14,19-20H,5-6,9H2. The molecule has 0 spiro atoms. The third-order valence-electron chi connectivity index (χ3n) is 3.59. The summed E-state index contributed by atoms with van der Waals surface area (Å²) in [6, 6.07) is 11.4. The zero-order chi connectivity index (χ0) is 14.8. The Morgan fingerprint density at radius 1 is 1.14 bits per heavy atom. The number of phenols is 1. The largest absolute Gasteiger partial charge is 0.508 e. The summed E-state index contributed by atoms with van der Waals surface area (Å²) in [5.41, 5.74) is 2.05. The highest BCUT2D eigenvalue weighted by Crippen LogP contribution is 2.37. The van der Waals surface area contributed by atoms with Crippen LogP contribution in [0.1, 0.15) is 23.6 Å². The molecule has 1 atom stereocenters. The molecule has 2 aromatic rings. The molecule has 3 rings (SSSR count). The summed E-state index contributed by atoms with van der Waals surface area (Å²) < 4.78 is 0. The number of halogens is 2. The Balaban J connectivity index is 1.78. The Morgan fingerprint density at radius 2 is 1.90 bits per heavy atom. The van der Waals surface area contributed by atoms with Crippen molar-refractivity contribution in [3.63, 3.8) is 0 Å². The number of hydrogen-bond donors (Lipinski definition) is 2. The summed E-state index contributed by atoms with van der Waals surface area (Å²) >= 11 is 14.0. The van der Waals surface area contributed by atoms with E-state index in [1.807, 2.05) is 23.9 Å². The van der Waals surface area contributed by atoms with E-state index in [1.165, 1.54) is 10.5 Å². The van der Waals surface area contributed by atoms with Gasteiger partial charge in [0.25, 0.3) is 0 Å². The molecule has 0 radical (unpaired) electrons. The van der Waals surface area contributed by atoms with Gasteiger partial charge in [0.05, 0.1) is 0 Å². The minimum absolute atomic E-state index is 0.248. The Morgan fingerprint density at radius 3 is 2.76 bits per heavy atom. The van der Waals surface area contributed by atoms with Gasteiger partial charge in [0.15, 0.2) is 0 Å². The molecule has 5 heteroatoms. The molecule has 1 aliphatic rings. The molecular weight excluding hydrogens is 325 g/mol. The second-order valence-electron chi connectivity index (χ2n) is 5.03. The van der Waals surface area contributed by atoms with Crippen molar-refractivity contribution < 1.29 is 5.11 Å². The fourth-order valence-corrected chi connectivity index (χ4v) is 3.99. The maximum Gasteiger partial charge on any atom is 0.120 e. The molecule has 2 aromatic carbocycles. The van der Waals surface area contributed by atoms with Crippen LogP contribution in [0.25, 0.3) is 0 Å². The Kier molecular flexibility index (Phi) is 4.65. The lowest BCUT2D eigenvalue weighted by Crippen LogP contribution is -2.24. The molecule has 1 aliphatic heterocycles. The first-order valence-electron chi connectivity index (χ1n) is 6.76. The molecule has 0 fully saturated rings. The van der Waals surface area contributed by atoms with Crippen LogP contribution in [-0.2, 0) is 6.54 Å². The van der Waals surface area contributed by atoms with E-state index >= 15 is 0 Å². The first-order valence-corrected chi connectivity index (χ1v) is 8.50.